The van der Waals surface area contributed by atoms with E-state index in [9.17, 15) is 13.6 Å². The lowest BCUT2D eigenvalue weighted by Crippen LogP contribution is -2.47. The summed E-state index contributed by atoms with van der Waals surface area (Å²) in [5.41, 5.74) is -0.920. The summed E-state index contributed by atoms with van der Waals surface area (Å²) in [6, 6.07) is 2.74. The number of hydrogen-bond donors (Lipinski definition) is 1. The molecule has 0 aromatic heterocycles. The fourth-order valence-electron chi connectivity index (χ4n) is 1.68. The van der Waals surface area contributed by atoms with Crippen LogP contribution in [0.5, 0.6) is 0 Å². The Labute approximate surface area is 100 Å². The molecule has 0 atom stereocenters. The van der Waals surface area contributed by atoms with Gasteiger partial charge in [-0.3, -0.25) is 4.79 Å². The van der Waals surface area contributed by atoms with Crippen LogP contribution >= 0.6 is 0 Å². The van der Waals surface area contributed by atoms with Gasteiger partial charge in [0.2, 0.25) is 0 Å². The highest BCUT2D eigenvalue weighted by Crippen LogP contribution is 2.20. The van der Waals surface area contributed by atoms with Gasteiger partial charge in [-0.15, -0.1) is 0 Å². The van der Waals surface area contributed by atoms with E-state index in [1.165, 1.54) is 19.1 Å². The molecule has 0 saturated carbocycles. The standard InChI is InChI=1S/C13H17F2NO/c1-5-16-13(3,4)12(17)9-7-6-8(2)10(14)11(9)15/h6-7,16H,5H2,1-4H3. The SMILES string of the molecule is CCNC(C)(C)C(=O)c1ccc(C)c(F)c1F. The van der Waals surface area contributed by atoms with Gasteiger partial charge in [0.05, 0.1) is 11.1 Å². The van der Waals surface area contributed by atoms with Crippen LogP contribution in [0.15, 0.2) is 12.1 Å². The average molecular weight is 241 g/mol. The van der Waals surface area contributed by atoms with Gasteiger partial charge in [-0.25, -0.2) is 8.78 Å². The summed E-state index contributed by atoms with van der Waals surface area (Å²) >= 11 is 0. The first-order chi connectivity index (χ1) is 7.81. The van der Waals surface area contributed by atoms with Crippen LogP contribution in [0.1, 0.15) is 36.7 Å². The van der Waals surface area contributed by atoms with Crippen molar-refractivity contribution in [3.8, 4) is 0 Å². The molecule has 0 saturated heterocycles. The number of ketones is 1. The van der Waals surface area contributed by atoms with Gasteiger partial charge in [-0.2, -0.15) is 0 Å². The largest absolute Gasteiger partial charge is 0.305 e. The van der Waals surface area contributed by atoms with Crippen LogP contribution < -0.4 is 5.32 Å². The maximum atomic E-state index is 13.7. The quantitative estimate of drug-likeness (QED) is 0.821. The van der Waals surface area contributed by atoms with Crippen LogP contribution in [0.25, 0.3) is 0 Å². The van der Waals surface area contributed by atoms with Gasteiger partial charge in [-0.05, 0) is 38.9 Å². The first-order valence-electron chi connectivity index (χ1n) is 5.55. The van der Waals surface area contributed by atoms with E-state index >= 15 is 0 Å². The van der Waals surface area contributed by atoms with Crippen molar-refractivity contribution < 1.29 is 13.6 Å². The zero-order chi connectivity index (χ0) is 13.2. The summed E-state index contributed by atoms with van der Waals surface area (Å²) in [6.45, 7) is 7.18. The first kappa shape index (κ1) is 13.8. The molecule has 1 N–H and O–H groups in total. The molecule has 0 fully saturated rings. The minimum atomic E-state index is -1.07. The molecule has 4 heteroatoms. The van der Waals surface area contributed by atoms with Crippen molar-refractivity contribution in [3.63, 3.8) is 0 Å². The van der Waals surface area contributed by atoms with Crippen LogP contribution in [0.2, 0.25) is 0 Å². The van der Waals surface area contributed by atoms with Gasteiger partial charge in [0.15, 0.2) is 17.4 Å². The molecule has 1 rings (SSSR count). The molecule has 0 radical (unpaired) electrons. The molecule has 0 aliphatic carbocycles. The van der Waals surface area contributed by atoms with Crippen LogP contribution in [0.3, 0.4) is 0 Å². The van der Waals surface area contributed by atoms with E-state index in [0.717, 1.165) is 0 Å². The maximum absolute atomic E-state index is 13.7. The third kappa shape index (κ3) is 2.69. The lowest BCUT2D eigenvalue weighted by Gasteiger charge is -2.24. The monoisotopic (exact) mass is 241 g/mol. The number of carbonyl (C=O) groups is 1. The van der Waals surface area contributed by atoms with Gasteiger partial charge in [0.25, 0.3) is 0 Å². The highest BCUT2D eigenvalue weighted by atomic mass is 19.2. The highest BCUT2D eigenvalue weighted by Gasteiger charge is 2.30. The topological polar surface area (TPSA) is 29.1 Å². The number of hydrogen-bond acceptors (Lipinski definition) is 2. The Morgan fingerprint density at radius 3 is 2.41 bits per heavy atom. The summed E-state index contributed by atoms with van der Waals surface area (Å²) in [4.78, 5) is 12.1. The van der Waals surface area contributed by atoms with Crippen LogP contribution in [-0.2, 0) is 0 Å². The zero-order valence-electron chi connectivity index (χ0n) is 10.5. The van der Waals surface area contributed by atoms with Crippen LogP contribution in [-0.4, -0.2) is 17.9 Å². The van der Waals surface area contributed by atoms with E-state index in [1.807, 2.05) is 6.92 Å². The predicted molar refractivity (Wildman–Crippen MR) is 63.2 cm³/mol. The Hall–Kier alpha value is -1.29. The van der Waals surface area contributed by atoms with Crippen molar-refractivity contribution in [2.45, 2.75) is 33.2 Å². The second-order valence-electron chi connectivity index (χ2n) is 4.54. The third-order valence-electron chi connectivity index (χ3n) is 2.71. The van der Waals surface area contributed by atoms with E-state index < -0.39 is 23.0 Å². The van der Waals surface area contributed by atoms with E-state index in [4.69, 9.17) is 0 Å². The summed E-state index contributed by atoms with van der Waals surface area (Å²) in [6.07, 6.45) is 0. The minimum absolute atomic E-state index is 0.195. The molecule has 0 spiro atoms. The Balaban J connectivity index is 3.18. The lowest BCUT2D eigenvalue weighted by molar-refractivity contribution is 0.0878. The third-order valence-corrected chi connectivity index (χ3v) is 2.71. The number of rotatable bonds is 4. The van der Waals surface area contributed by atoms with Crippen molar-refractivity contribution in [1.29, 1.82) is 0 Å². The Morgan fingerprint density at radius 2 is 1.88 bits per heavy atom. The molecule has 0 aliphatic rings. The van der Waals surface area contributed by atoms with Crippen molar-refractivity contribution in [1.82, 2.24) is 5.32 Å². The van der Waals surface area contributed by atoms with Crippen LogP contribution in [0, 0.1) is 18.6 Å². The molecule has 17 heavy (non-hydrogen) atoms. The highest BCUT2D eigenvalue weighted by molar-refractivity contribution is 6.03. The summed E-state index contributed by atoms with van der Waals surface area (Å²) in [7, 11) is 0. The van der Waals surface area contributed by atoms with E-state index in [0.29, 0.717) is 6.54 Å². The molecule has 0 heterocycles. The molecule has 0 unspecified atom stereocenters. The molecule has 0 aliphatic heterocycles. The van der Waals surface area contributed by atoms with E-state index in [-0.39, 0.29) is 11.1 Å². The van der Waals surface area contributed by atoms with Gasteiger partial charge in [0.1, 0.15) is 0 Å². The Kier molecular flexibility index (Phi) is 3.98. The number of likely N-dealkylation sites (N-methyl/N-ethyl adjacent to an activating group) is 1. The lowest BCUT2D eigenvalue weighted by atomic mass is 9.92. The maximum Gasteiger partial charge on any atom is 0.185 e. The van der Waals surface area contributed by atoms with Crippen molar-refractivity contribution >= 4 is 5.78 Å². The Morgan fingerprint density at radius 1 is 1.29 bits per heavy atom. The zero-order valence-corrected chi connectivity index (χ0v) is 10.5. The van der Waals surface area contributed by atoms with Crippen molar-refractivity contribution in [2.24, 2.45) is 0 Å². The second-order valence-corrected chi connectivity index (χ2v) is 4.54. The number of nitrogens with one attached hydrogen (secondary N) is 1. The minimum Gasteiger partial charge on any atom is -0.305 e. The number of carbonyl (C=O) groups excluding carboxylic acids is 1. The molecule has 1 aromatic rings. The number of aryl methyl sites for hydroxylation is 1. The van der Waals surface area contributed by atoms with Gasteiger partial charge >= 0.3 is 0 Å². The summed E-state index contributed by atoms with van der Waals surface area (Å²) < 4.78 is 27.0. The second kappa shape index (κ2) is 4.92. The molecular formula is C13H17F2NO. The van der Waals surface area contributed by atoms with Crippen molar-refractivity contribution in [2.75, 3.05) is 6.54 Å². The smallest absolute Gasteiger partial charge is 0.185 e. The fraction of sp³-hybridized carbons (Fsp3) is 0.462. The van der Waals surface area contributed by atoms with E-state index in [2.05, 4.69) is 5.32 Å². The van der Waals surface area contributed by atoms with Crippen molar-refractivity contribution in [3.05, 3.63) is 34.9 Å². The van der Waals surface area contributed by atoms with Gasteiger partial charge < -0.3 is 5.32 Å². The predicted octanol–water partition coefficient (Wildman–Crippen LogP) is 2.84. The van der Waals surface area contributed by atoms with Gasteiger partial charge in [-0.1, -0.05) is 13.0 Å². The number of benzene rings is 1. The summed E-state index contributed by atoms with van der Waals surface area (Å²) in [5.74, 6) is -2.47. The number of Topliss-reactive ketones (excluding diaryl/α,β-unsaturated/α-hetero) is 1. The average Bonchev–Trinajstić information content (AvgIpc) is 2.25. The van der Waals surface area contributed by atoms with Crippen LogP contribution in [0.4, 0.5) is 8.78 Å². The first-order valence-corrected chi connectivity index (χ1v) is 5.55. The molecule has 0 bridgehead atoms. The van der Waals surface area contributed by atoms with Gasteiger partial charge in [0, 0.05) is 0 Å². The van der Waals surface area contributed by atoms with E-state index in [1.54, 1.807) is 13.8 Å². The molecule has 0 amide bonds. The fourth-order valence-corrected chi connectivity index (χ4v) is 1.68. The summed E-state index contributed by atoms with van der Waals surface area (Å²) in [5, 5.41) is 2.94. The molecule has 1 aromatic carbocycles. The Bertz CT molecular complexity index is 441. The molecular weight excluding hydrogens is 224 g/mol. The normalized spacial score (nSPS) is 11.6. The molecule has 94 valence electrons. The number of halogens is 2. The molecule has 2 nitrogen and oxygen atoms in total.